The summed E-state index contributed by atoms with van der Waals surface area (Å²) in [5.74, 6) is -1.59. The molecule has 0 heterocycles. The minimum Gasteiger partial charge on any atom is -0.481 e. The predicted octanol–water partition coefficient (Wildman–Crippen LogP) is 0.946. The number of carbonyl (C=O) groups is 1. The van der Waals surface area contributed by atoms with E-state index >= 15 is 0 Å². The topological polar surface area (TPSA) is 46.5 Å². The molecule has 0 aromatic carbocycles. The van der Waals surface area contributed by atoms with E-state index in [0.29, 0.717) is 6.42 Å². The molecule has 0 spiro atoms. The van der Waals surface area contributed by atoms with Crippen LogP contribution in [0.15, 0.2) is 0 Å². The van der Waals surface area contributed by atoms with Crippen LogP contribution in [0.4, 0.5) is 8.78 Å². The molecule has 0 bridgehead atoms. The molecule has 3 nitrogen and oxygen atoms in total. The lowest BCUT2D eigenvalue weighted by atomic mass is 10.3. The van der Waals surface area contributed by atoms with Gasteiger partial charge >= 0.3 is 12.6 Å². The molecule has 1 saturated carbocycles. The van der Waals surface area contributed by atoms with Crippen LogP contribution in [-0.4, -0.2) is 24.3 Å². The molecule has 0 aromatic heterocycles. The summed E-state index contributed by atoms with van der Waals surface area (Å²) < 4.78 is 26.7. The number of ether oxygens (including phenoxy) is 1. The average molecular weight is 166 g/mol. The Morgan fingerprint density at radius 1 is 1.73 bits per heavy atom. The first-order valence-corrected chi connectivity index (χ1v) is 3.24. The van der Waals surface area contributed by atoms with Gasteiger partial charge < -0.3 is 9.84 Å². The monoisotopic (exact) mass is 166 g/mol. The van der Waals surface area contributed by atoms with Crippen molar-refractivity contribution < 1.29 is 23.4 Å². The third kappa shape index (κ3) is 2.42. The second-order valence-corrected chi connectivity index (χ2v) is 2.53. The van der Waals surface area contributed by atoms with Crippen LogP contribution < -0.4 is 0 Å². The summed E-state index contributed by atoms with van der Waals surface area (Å²) in [4.78, 5) is 10.2. The van der Waals surface area contributed by atoms with E-state index in [1.165, 1.54) is 0 Å². The summed E-state index contributed by atoms with van der Waals surface area (Å²) in [6.45, 7) is -2.93. The third-order valence-corrected chi connectivity index (χ3v) is 1.68. The molecule has 0 aromatic rings. The van der Waals surface area contributed by atoms with E-state index in [1.807, 2.05) is 0 Å². The molecular formula is C6H8F2O3. The fourth-order valence-corrected chi connectivity index (χ4v) is 0.931. The zero-order valence-electron chi connectivity index (χ0n) is 5.67. The van der Waals surface area contributed by atoms with Gasteiger partial charge in [-0.15, -0.1) is 0 Å². The molecule has 1 aliphatic carbocycles. The number of carboxylic acid groups (broad SMARTS) is 1. The van der Waals surface area contributed by atoms with E-state index in [9.17, 15) is 13.6 Å². The molecule has 0 radical (unpaired) electrons. The minimum absolute atomic E-state index is 0.144. The van der Waals surface area contributed by atoms with Crippen LogP contribution in [0.5, 0.6) is 0 Å². The van der Waals surface area contributed by atoms with Crippen LogP contribution in [0, 0.1) is 11.8 Å². The summed E-state index contributed by atoms with van der Waals surface area (Å²) in [5.41, 5.74) is 0. The molecule has 1 fully saturated rings. The van der Waals surface area contributed by atoms with Crippen molar-refractivity contribution in [2.75, 3.05) is 6.61 Å². The first-order valence-electron chi connectivity index (χ1n) is 3.24. The number of halogens is 2. The van der Waals surface area contributed by atoms with Gasteiger partial charge in [0.05, 0.1) is 12.5 Å². The Hall–Kier alpha value is -0.710. The van der Waals surface area contributed by atoms with Crippen LogP contribution in [0.3, 0.4) is 0 Å². The normalized spacial score (nSPS) is 29.0. The zero-order valence-corrected chi connectivity index (χ0v) is 5.67. The van der Waals surface area contributed by atoms with Crippen molar-refractivity contribution in [3.63, 3.8) is 0 Å². The molecule has 1 N–H and O–H groups in total. The fraction of sp³-hybridized carbons (Fsp3) is 0.833. The summed E-state index contributed by atoms with van der Waals surface area (Å²) in [7, 11) is 0. The highest BCUT2D eigenvalue weighted by molar-refractivity contribution is 5.73. The smallest absolute Gasteiger partial charge is 0.345 e. The van der Waals surface area contributed by atoms with Crippen molar-refractivity contribution in [3.05, 3.63) is 0 Å². The molecule has 64 valence electrons. The Morgan fingerprint density at radius 2 is 2.36 bits per heavy atom. The molecular weight excluding hydrogens is 158 g/mol. The largest absolute Gasteiger partial charge is 0.481 e. The summed E-state index contributed by atoms with van der Waals surface area (Å²) in [5, 5.41) is 8.35. The summed E-state index contributed by atoms with van der Waals surface area (Å²) >= 11 is 0. The highest BCUT2D eigenvalue weighted by Crippen LogP contribution is 2.38. The summed E-state index contributed by atoms with van der Waals surface area (Å²) in [6.07, 6.45) is 0.460. The van der Waals surface area contributed by atoms with E-state index in [1.54, 1.807) is 0 Å². The second-order valence-electron chi connectivity index (χ2n) is 2.53. The van der Waals surface area contributed by atoms with Crippen molar-refractivity contribution >= 4 is 5.97 Å². The molecule has 5 heteroatoms. The average Bonchev–Trinajstić information content (AvgIpc) is 2.61. The van der Waals surface area contributed by atoms with Gasteiger partial charge in [-0.2, -0.15) is 8.78 Å². The third-order valence-electron chi connectivity index (χ3n) is 1.68. The van der Waals surface area contributed by atoms with Gasteiger partial charge in [0.1, 0.15) is 0 Å². The van der Waals surface area contributed by atoms with Crippen LogP contribution in [0.2, 0.25) is 0 Å². The first kappa shape index (κ1) is 8.39. The van der Waals surface area contributed by atoms with E-state index in [-0.39, 0.29) is 12.5 Å². The zero-order chi connectivity index (χ0) is 8.43. The van der Waals surface area contributed by atoms with E-state index in [4.69, 9.17) is 5.11 Å². The van der Waals surface area contributed by atoms with E-state index < -0.39 is 18.5 Å². The van der Waals surface area contributed by atoms with Gasteiger partial charge in [0.15, 0.2) is 0 Å². The quantitative estimate of drug-likeness (QED) is 0.676. The number of carboxylic acids is 1. The maximum atomic E-state index is 11.4. The molecule has 0 aliphatic heterocycles. The van der Waals surface area contributed by atoms with Gasteiger partial charge in [-0.05, 0) is 12.3 Å². The molecule has 1 unspecified atom stereocenters. The highest BCUT2D eigenvalue weighted by Gasteiger charge is 2.43. The van der Waals surface area contributed by atoms with Crippen molar-refractivity contribution in [2.24, 2.45) is 11.8 Å². The van der Waals surface area contributed by atoms with E-state index in [2.05, 4.69) is 4.74 Å². The highest BCUT2D eigenvalue weighted by atomic mass is 19.3. The standard InChI is InChI=1S/C6H8F2O3/c7-6(8)11-2-3-1-4(3)5(9)10/h3-4,6H,1-2H2,(H,9,10)/t3?,4-/m0/s1. The van der Waals surface area contributed by atoms with Gasteiger partial charge in [-0.25, -0.2) is 0 Å². The molecule has 0 saturated heterocycles. The van der Waals surface area contributed by atoms with Crippen molar-refractivity contribution in [1.29, 1.82) is 0 Å². The molecule has 2 atom stereocenters. The van der Waals surface area contributed by atoms with Gasteiger partial charge in [-0.1, -0.05) is 0 Å². The Kier molecular flexibility index (Phi) is 2.38. The Labute approximate surface area is 62.0 Å². The van der Waals surface area contributed by atoms with E-state index in [0.717, 1.165) is 0 Å². The molecule has 11 heavy (non-hydrogen) atoms. The lowest BCUT2D eigenvalue weighted by molar-refractivity contribution is -0.143. The Bertz CT molecular complexity index is 160. The van der Waals surface area contributed by atoms with Gasteiger partial charge in [0.25, 0.3) is 0 Å². The lowest BCUT2D eigenvalue weighted by Crippen LogP contribution is -2.07. The summed E-state index contributed by atoms with van der Waals surface area (Å²) in [6, 6.07) is 0. The van der Waals surface area contributed by atoms with Gasteiger partial charge in [0.2, 0.25) is 0 Å². The Balaban J connectivity index is 2.09. The number of hydrogen-bond donors (Lipinski definition) is 1. The van der Waals surface area contributed by atoms with Crippen molar-refractivity contribution in [1.82, 2.24) is 0 Å². The lowest BCUT2D eigenvalue weighted by Gasteiger charge is -1.98. The number of alkyl halides is 2. The fourth-order valence-electron chi connectivity index (χ4n) is 0.931. The van der Waals surface area contributed by atoms with Gasteiger partial charge in [0, 0.05) is 0 Å². The number of rotatable bonds is 4. The molecule has 1 rings (SSSR count). The second kappa shape index (κ2) is 3.13. The van der Waals surface area contributed by atoms with Crippen LogP contribution >= 0.6 is 0 Å². The molecule has 0 amide bonds. The van der Waals surface area contributed by atoms with Crippen LogP contribution in [0.1, 0.15) is 6.42 Å². The van der Waals surface area contributed by atoms with Crippen LogP contribution in [0.25, 0.3) is 0 Å². The van der Waals surface area contributed by atoms with Crippen LogP contribution in [-0.2, 0) is 9.53 Å². The first-order chi connectivity index (χ1) is 5.11. The van der Waals surface area contributed by atoms with Gasteiger partial charge in [-0.3, -0.25) is 4.79 Å². The predicted molar refractivity (Wildman–Crippen MR) is 31.2 cm³/mol. The maximum absolute atomic E-state index is 11.4. The SMILES string of the molecule is O=C(O)[C@H]1CC1COC(F)F. The minimum atomic E-state index is -2.79. The Morgan fingerprint density at radius 3 is 2.73 bits per heavy atom. The van der Waals surface area contributed by atoms with Crippen molar-refractivity contribution in [3.8, 4) is 0 Å². The van der Waals surface area contributed by atoms with Crippen molar-refractivity contribution in [2.45, 2.75) is 13.0 Å². The maximum Gasteiger partial charge on any atom is 0.345 e. The molecule has 1 aliphatic rings. The number of aliphatic carboxylic acids is 1. The number of hydrogen-bond acceptors (Lipinski definition) is 2.